The highest BCUT2D eigenvalue weighted by Gasteiger charge is 2.48. The van der Waals surface area contributed by atoms with Gasteiger partial charge < -0.3 is 0 Å². The molecule has 20 heavy (non-hydrogen) atoms. The molecule has 2 amide bonds. The van der Waals surface area contributed by atoms with Gasteiger partial charge in [-0.05, 0) is 26.7 Å². The molecular weight excluding hydrogens is 258 g/mol. The summed E-state index contributed by atoms with van der Waals surface area (Å²) < 4.78 is 0. The van der Waals surface area contributed by atoms with E-state index in [9.17, 15) is 19.2 Å². The smallest absolute Gasteiger partial charge is 0.234 e. The van der Waals surface area contributed by atoms with Crippen LogP contribution in [0.3, 0.4) is 0 Å². The highest BCUT2D eigenvalue weighted by atomic mass is 16.2. The van der Waals surface area contributed by atoms with Gasteiger partial charge in [0.05, 0.1) is 11.8 Å². The van der Waals surface area contributed by atoms with Crippen molar-refractivity contribution in [2.45, 2.75) is 58.4 Å². The summed E-state index contributed by atoms with van der Waals surface area (Å²) in [6.07, 6.45) is 4.87. The van der Waals surface area contributed by atoms with E-state index in [1.165, 1.54) is 18.7 Å². The van der Waals surface area contributed by atoms with Crippen molar-refractivity contribution >= 4 is 23.4 Å². The predicted molar refractivity (Wildman–Crippen MR) is 71.7 cm³/mol. The van der Waals surface area contributed by atoms with E-state index in [0.29, 0.717) is 0 Å². The first kappa shape index (κ1) is 14.9. The maximum Gasteiger partial charge on any atom is 0.234 e. The number of nitrogens with zero attached hydrogens (tertiary/aromatic N) is 1. The van der Waals surface area contributed by atoms with E-state index in [0.717, 1.165) is 32.1 Å². The van der Waals surface area contributed by atoms with E-state index in [1.54, 1.807) is 0 Å². The molecule has 0 bridgehead atoms. The number of hydrogen-bond donors (Lipinski definition) is 0. The summed E-state index contributed by atoms with van der Waals surface area (Å²) >= 11 is 0. The van der Waals surface area contributed by atoms with Gasteiger partial charge in [-0.25, -0.2) is 0 Å². The lowest BCUT2D eigenvalue weighted by molar-refractivity contribution is -0.146. The molecule has 1 saturated heterocycles. The third-order valence-corrected chi connectivity index (χ3v) is 4.44. The molecule has 1 heterocycles. The summed E-state index contributed by atoms with van der Waals surface area (Å²) in [5, 5.41) is 0. The summed E-state index contributed by atoms with van der Waals surface area (Å²) in [7, 11) is 0. The van der Waals surface area contributed by atoms with Crippen molar-refractivity contribution in [2.75, 3.05) is 0 Å². The molecule has 1 atom stereocenters. The molecule has 1 saturated carbocycles. The maximum atomic E-state index is 12.5. The number of Topliss-reactive ketones (excluding diaryl/α,β-unsaturated/α-hetero) is 2. The Morgan fingerprint density at radius 3 is 2.10 bits per heavy atom. The first-order valence-corrected chi connectivity index (χ1v) is 7.30. The van der Waals surface area contributed by atoms with E-state index in [1.807, 2.05) is 0 Å². The molecule has 0 radical (unpaired) electrons. The molecule has 110 valence electrons. The topological polar surface area (TPSA) is 71.5 Å². The second-order valence-corrected chi connectivity index (χ2v) is 5.90. The Labute approximate surface area is 118 Å². The molecule has 5 nitrogen and oxygen atoms in total. The van der Waals surface area contributed by atoms with Crippen molar-refractivity contribution in [3.63, 3.8) is 0 Å². The molecule has 1 aliphatic heterocycles. The van der Waals surface area contributed by atoms with Gasteiger partial charge in [-0.2, -0.15) is 0 Å². The number of carbonyl (C=O) groups is 4. The summed E-state index contributed by atoms with van der Waals surface area (Å²) in [4.78, 5) is 49.1. The van der Waals surface area contributed by atoms with Crippen molar-refractivity contribution in [1.29, 1.82) is 0 Å². The van der Waals surface area contributed by atoms with Gasteiger partial charge in [-0.3, -0.25) is 24.1 Å². The fourth-order valence-corrected chi connectivity index (χ4v) is 3.51. The standard InChI is InChI=1S/C15H21NO4/c1-9(17)14(10(2)18)12-8-13(19)16(15(12)20)11-6-4-3-5-7-11/h11-12,14H,3-8H2,1-2H3. The Hall–Kier alpha value is -1.52. The lowest BCUT2D eigenvalue weighted by atomic mass is 9.85. The molecule has 0 N–H and O–H groups in total. The van der Waals surface area contributed by atoms with Gasteiger partial charge in [0, 0.05) is 12.5 Å². The molecule has 0 spiro atoms. The van der Waals surface area contributed by atoms with Crippen LogP contribution < -0.4 is 0 Å². The second-order valence-electron chi connectivity index (χ2n) is 5.90. The SMILES string of the molecule is CC(=O)C(C(C)=O)C1CC(=O)N(C2CCCCC2)C1=O. The van der Waals surface area contributed by atoms with Crippen LogP contribution in [-0.4, -0.2) is 34.3 Å². The van der Waals surface area contributed by atoms with E-state index >= 15 is 0 Å². The van der Waals surface area contributed by atoms with Crippen LogP contribution in [0.2, 0.25) is 0 Å². The fourth-order valence-electron chi connectivity index (χ4n) is 3.51. The van der Waals surface area contributed by atoms with E-state index in [2.05, 4.69) is 0 Å². The molecule has 1 unspecified atom stereocenters. The zero-order valence-corrected chi connectivity index (χ0v) is 12.1. The summed E-state index contributed by atoms with van der Waals surface area (Å²) in [5.74, 6) is -2.93. The van der Waals surface area contributed by atoms with Crippen molar-refractivity contribution in [2.24, 2.45) is 11.8 Å². The molecule has 2 rings (SSSR count). The van der Waals surface area contributed by atoms with Crippen LogP contribution in [0.4, 0.5) is 0 Å². The minimum absolute atomic E-state index is 0.000833. The third kappa shape index (κ3) is 2.67. The van der Waals surface area contributed by atoms with Crippen LogP contribution in [-0.2, 0) is 19.2 Å². The number of carbonyl (C=O) groups excluding carboxylic acids is 4. The largest absolute Gasteiger partial charge is 0.299 e. The minimum atomic E-state index is -0.958. The summed E-state index contributed by atoms with van der Waals surface area (Å²) in [6.45, 7) is 2.63. The lowest BCUT2D eigenvalue weighted by Crippen LogP contribution is -2.43. The minimum Gasteiger partial charge on any atom is -0.299 e. The normalized spacial score (nSPS) is 24.6. The fraction of sp³-hybridized carbons (Fsp3) is 0.733. The molecule has 1 aliphatic carbocycles. The predicted octanol–water partition coefficient (Wildman–Crippen LogP) is 1.49. The quantitative estimate of drug-likeness (QED) is 0.577. The van der Waals surface area contributed by atoms with Gasteiger partial charge in [0.1, 0.15) is 11.6 Å². The van der Waals surface area contributed by atoms with Gasteiger partial charge in [0.2, 0.25) is 11.8 Å². The Balaban J connectivity index is 2.19. The van der Waals surface area contributed by atoms with Crippen molar-refractivity contribution < 1.29 is 19.2 Å². The number of ketones is 2. The first-order chi connectivity index (χ1) is 9.43. The highest BCUT2D eigenvalue weighted by molar-refractivity contribution is 6.11. The Morgan fingerprint density at radius 1 is 1.05 bits per heavy atom. The van der Waals surface area contributed by atoms with E-state index in [-0.39, 0.29) is 35.8 Å². The molecule has 0 aromatic rings. The highest BCUT2D eigenvalue weighted by Crippen LogP contribution is 2.33. The zero-order chi connectivity index (χ0) is 14.9. The Kier molecular flexibility index (Phi) is 4.35. The van der Waals surface area contributed by atoms with Gasteiger partial charge in [-0.1, -0.05) is 19.3 Å². The summed E-state index contributed by atoms with van der Waals surface area (Å²) in [6, 6.07) is -0.0340. The number of amides is 2. The first-order valence-electron chi connectivity index (χ1n) is 7.30. The van der Waals surface area contributed by atoms with Crippen LogP contribution in [0, 0.1) is 11.8 Å². The second kappa shape index (κ2) is 5.85. The van der Waals surface area contributed by atoms with Crippen LogP contribution in [0.1, 0.15) is 52.4 Å². The van der Waals surface area contributed by atoms with Crippen molar-refractivity contribution in [1.82, 2.24) is 4.90 Å². The van der Waals surface area contributed by atoms with Gasteiger partial charge >= 0.3 is 0 Å². The van der Waals surface area contributed by atoms with Crippen LogP contribution in [0.5, 0.6) is 0 Å². The molecule has 0 aromatic heterocycles. The van der Waals surface area contributed by atoms with Gasteiger partial charge in [-0.15, -0.1) is 0 Å². The van der Waals surface area contributed by atoms with E-state index < -0.39 is 11.8 Å². The molecular formula is C15H21NO4. The maximum absolute atomic E-state index is 12.5. The average molecular weight is 279 g/mol. The van der Waals surface area contributed by atoms with Crippen LogP contribution in [0.25, 0.3) is 0 Å². The van der Waals surface area contributed by atoms with E-state index in [4.69, 9.17) is 0 Å². The third-order valence-electron chi connectivity index (χ3n) is 4.44. The molecule has 0 aromatic carbocycles. The zero-order valence-electron chi connectivity index (χ0n) is 12.1. The van der Waals surface area contributed by atoms with Crippen molar-refractivity contribution in [3.8, 4) is 0 Å². The number of hydrogen-bond acceptors (Lipinski definition) is 4. The summed E-state index contributed by atoms with van der Waals surface area (Å²) in [5.41, 5.74) is 0. The molecule has 2 fully saturated rings. The van der Waals surface area contributed by atoms with Gasteiger partial charge in [0.25, 0.3) is 0 Å². The lowest BCUT2D eigenvalue weighted by Gasteiger charge is -2.30. The molecule has 2 aliphatic rings. The van der Waals surface area contributed by atoms with Gasteiger partial charge in [0.15, 0.2) is 0 Å². The number of rotatable bonds is 4. The molecule has 5 heteroatoms. The number of imide groups is 1. The average Bonchev–Trinajstić information content (AvgIpc) is 2.65. The Bertz CT molecular complexity index is 437. The Morgan fingerprint density at radius 2 is 1.60 bits per heavy atom. The monoisotopic (exact) mass is 279 g/mol. The van der Waals surface area contributed by atoms with Crippen LogP contribution >= 0.6 is 0 Å². The van der Waals surface area contributed by atoms with Crippen molar-refractivity contribution in [3.05, 3.63) is 0 Å². The number of likely N-dealkylation sites (tertiary alicyclic amines) is 1. The van der Waals surface area contributed by atoms with Crippen LogP contribution in [0.15, 0.2) is 0 Å².